The van der Waals surface area contributed by atoms with Gasteiger partial charge in [-0.3, -0.25) is 19.3 Å². The van der Waals surface area contributed by atoms with E-state index in [9.17, 15) is 14.4 Å². The van der Waals surface area contributed by atoms with Gasteiger partial charge in [-0.1, -0.05) is 6.08 Å². The maximum absolute atomic E-state index is 13.2. The first-order chi connectivity index (χ1) is 16.6. The number of rotatable bonds is 11. The molecule has 0 spiro atoms. The molecule has 7 nitrogen and oxygen atoms in total. The summed E-state index contributed by atoms with van der Waals surface area (Å²) < 4.78 is 5.41. The smallest absolute Gasteiger partial charge is 0.274 e. The van der Waals surface area contributed by atoms with Crippen LogP contribution in [0.4, 0.5) is 11.4 Å². The average molecular weight is 510 g/mol. The van der Waals surface area contributed by atoms with Gasteiger partial charge in [-0.15, -0.1) is 23.2 Å². The number of halogens is 2. The molecule has 1 saturated heterocycles. The highest BCUT2D eigenvalue weighted by atomic mass is 35.5. The van der Waals surface area contributed by atoms with Crippen molar-refractivity contribution < 1.29 is 19.1 Å². The molecule has 3 amide bonds. The van der Waals surface area contributed by atoms with Crippen LogP contribution in [0.3, 0.4) is 0 Å². The topological polar surface area (TPSA) is 70.2 Å². The Hall–Kier alpha value is -2.09. The quantitative estimate of drug-likeness (QED) is 0.328. The minimum absolute atomic E-state index is 0.0351. The van der Waals surface area contributed by atoms with Crippen molar-refractivity contribution in [2.24, 2.45) is 0 Å². The van der Waals surface area contributed by atoms with Gasteiger partial charge >= 0.3 is 0 Å². The zero-order chi connectivity index (χ0) is 24.3. The Balaban J connectivity index is 1.74. The second-order valence-electron chi connectivity index (χ2n) is 8.37. The van der Waals surface area contributed by atoms with Gasteiger partial charge < -0.3 is 14.5 Å². The van der Waals surface area contributed by atoms with Crippen LogP contribution < -0.4 is 9.80 Å². The molecule has 1 aromatic carbocycles. The second kappa shape index (κ2) is 13.7. The molecular formula is C25H33Cl2N3O4. The van der Waals surface area contributed by atoms with Gasteiger partial charge in [0.15, 0.2) is 0 Å². The van der Waals surface area contributed by atoms with Crippen LogP contribution in [-0.4, -0.2) is 67.2 Å². The van der Waals surface area contributed by atoms with Crippen LogP contribution in [-0.2, 0) is 19.1 Å². The molecule has 2 heterocycles. The number of amides is 3. The molecule has 0 saturated carbocycles. The summed E-state index contributed by atoms with van der Waals surface area (Å²) in [5.41, 5.74) is 1.98. The van der Waals surface area contributed by atoms with Crippen LogP contribution in [0, 0.1) is 0 Å². The van der Waals surface area contributed by atoms with E-state index >= 15 is 0 Å². The number of hydrogen-bond acceptors (Lipinski definition) is 5. The van der Waals surface area contributed by atoms with E-state index in [4.69, 9.17) is 27.9 Å². The number of carbonyl (C=O) groups is 3. The SMILES string of the molecule is O=C1C(N2CCOCC2)=CCCN1c1ccc(N(C(=O)CCCCCl)C(=O)CCCCCl)cc1. The number of hydrogen-bond donors (Lipinski definition) is 0. The van der Waals surface area contributed by atoms with Crippen molar-refractivity contribution in [3.05, 3.63) is 36.0 Å². The van der Waals surface area contributed by atoms with Gasteiger partial charge in [0.1, 0.15) is 0 Å². The molecule has 0 aromatic heterocycles. The molecule has 0 N–H and O–H groups in total. The fourth-order valence-electron chi connectivity index (χ4n) is 4.15. The summed E-state index contributed by atoms with van der Waals surface area (Å²) in [7, 11) is 0. The molecule has 3 rings (SSSR count). The first-order valence-electron chi connectivity index (χ1n) is 12.0. The molecule has 1 fully saturated rings. The molecule has 0 bridgehead atoms. The number of unbranched alkanes of at least 4 members (excludes halogenated alkanes) is 2. The molecule has 9 heteroatoms. The van der Waals surface area contributed by atoms with Crippen LogP contribution in [0.15, 0.2) is 36.0 Å². The standard InChI is InChI=1S/C25H33Cl2N3O4/c26-13-3-1-7-23(31)30(24(32)8-2-4-14-27)21-11-9-20(10-12-21)29-15-5-6-22(25(29)33)28-16-18-34-19-17-28/h6,9-12H,1-5,7-8,13-19H2. The highest BCUT2D eigenvalue weighted by Crippen LogP contribution is 2.27. The second-order valence-corrected chi connectivity index (χ2v) is 9.12. The van der Waals surface area contributed by atoms with Crippen molar-refractivity contribution in [1.82, 2.24) is 4.90 Å². The van der Waals surface area contributed by atoms with Crippen LogP contribution in [0.5, 0.6) is 0 Å². The highest BCUT2D eigenvalue weighted by Gasteiger charge is 2.29. The number of imide groups is 1. The lowest BCUT2D eigenvalue weighted by Gasteiger charge is -2.35. The zero-order valence-corrected chi connectivity index (χ0v) is 21.0. The number of carbonyl (C=O) groups excluding carboxylic acids is 3. The third kappa shape index (κ3) is 6.96. The summed E-state index contributed by atoms with van der Waals surface area (Å²) in [6.07, 6.45) is 5.98. The number of morpholine rings is 1. The van der Waals surface area contributed by atoms with Crippen molar-refractivity contribution in [3.63, 3.8) is 0 Å². The first-order valence-corrected chi connectivity index (χ1v) is 13.1. The summed E-state index contributed by atoms with van der Waals surface area (Å²) in [6, 6.07) is 7.10. The van der Waals surface area contributed by atoms with Crippen molar-refractivity contribution >= 4 is 52.3 Å². The highest BCUT2D eigenvalue weighted by molar-refractivity contribution is 6.18. The molecule has 0 unspecified atom stereocenters. The van der Waals surface area contributed by atoms with E-state index in [-0.39, 0.29) is 30.6 Å². The Kier molecular flexibility index (Phi) is 10.7. The summed E-state index contributed by atoms with van der Waals surface area (Å²) in [6.45, 7) is 3.23. The van der Waals surface area contributed by atoms with Gasteiger partial charge in [0.05, 0.1) is 24.6 Å². The van der Waals surface area contributed by atoms with E-state index in [0.717, 1.165) is 24.9 Å². The van der Waals surface area contributed by atoms with Crippen LogP contribution in [0.2, 0.25) is 0 Å². The largest absolute Gasteiger partial charge is 0.378 e. The van der Waals surface area contributed by atoms with Gasteiger partial charge in [-0.05, 0) is 56.4 Å². The third-order valence-electron chi connectivity index (χ3n) is 5.97. The molecule has 186 valence electrons. The fourth-order valence-corrected chi connectivity index (χ4v) is 4.52. The van der Waals surface area contributed by atoms with Gasteiger partial charge in [0.25, 0.3) is 5.91 Å². The van der Waals surface area contributed by atoms with E-state index in [1.54, 1.807) is 29.2 Å². The number of nitrogens with zero attached hydrogens (tertiary/aromatic N) is 3. The Morgan fingerprint density at radius 1 is 0.882 bits per heavy atom. The van der Waals surface area contributed by atoms with Crippen LogP contribution in [0.25, 0.3) is 0 Å². The van der Waals surface area contributed by atoms with Gasteiger partial charge in [-0.25, -0.2) is 0 Å². The Morgan fingerprint density at radius 3 is 2.03 bits per heavy atom. The Bertz CT molecular complexity index is 847. The Labute approximate surface area is 211 Å². The van der Waals surface area contributed by atoms with Crippen LogP contribution >= 0.6 is 23.2 Å². The predicted octanol–water partition coefficient (Wildman–Crippen LogP) is 4.32. The van der Waals surface area contributed by atoms with E-state index in [1.807, 2.05) is 6.08 Å². The van der Waals surface area contributed by atoms with E-state index in [2.05, 4.69) is 4.90 Å². The number of ether oxygens (including phenoxy) is 1. The molecular weight excluding hydrogens is 477 g/mol. The van der Waals surface area contributed by atoms with Crippen molar-refractivity contribution in [2.75, 3.05) is 54.4 Å². The van der Waals surface area contributed by atoms with Gasteiger partial charge in [0.2, 0.25) is 11.8 Å². The van der Waals surface area contributed by atoms with E-state index in [0.29, 0.717) is 68.8 Å². The van der Waals surface area contributed by atoms with E-state index < -0.39 is 0 Å². The summed E-state index contributed by atoms with van der Waals surface area (Å²) >= 11 is 11.5. The summed E-state index contributed by atoms with van der Waals surface area (Å²) in [5, 5.41) is 0. The van der Waals surface area contributed by atoms with Gasteiger partial charge in [-0.2, -0.15) is 0 Å². The molecule has 34 heavy (non-hydrogen) atoms. The van der Waals surface area contributed by atoms with Crippen molar-refractivity contribution in [1.29, 1.82) is 0 Å². The molecule has 1 aromatic rings. The third-order valence-corrected chi connectivity index (χ3v) is 6.51. The lowest BCUT2D eigenvalue weighted by Crippen LogP contribution is -2.45. The number of alkyl halides is 2. The van der Waals surface area contributed by atoms with E-state index in [1.165, 1.54) is 4.90 Å². The van der Waals surface area contributed by atoms with Crippen molar-refractivity contribution in [3.8, 4) is 0 Å². The monoisotopic (exact) mass is 509 g/mol. The first kappa shape index (κ1) is 26.5. The maximum atomic E-state index is 13.2. The fraction of sp³-hybridized carbons (Fsp3) is 0.560. The lowest BCUT2D eigenvalue weighted by molar-refractivity contribution is -0.126. The average Bonchev–Trinajstić information content (AvgIpc) is 2.86. The molecule has 0 radical (unpaired) electrons. The number of benzene rings is 1. The van der Waals surface area contributed by atoms with Gasteiger partial charge in [0, 0.05) is 49.9 Å². The predicted molar refractivity (Wildman–Crippen MR) is 136 cm³/mol. The van der Waals surface area contributed by atoms with Crippen LogP contribution in [0.1, 0.15) is 44.9 Å². The summed E-state index contributed by atoms with van der Waals surface area (Å²) in [5.74, 6) is 0.458. The normalized spacial score (nSPS) is 16.4. The lowest BCUT2D eigenvalue weighted by atomic mass is 10.1. The molecule has 0 atom stereocenters. The molecule has 2 aliphatic rings. The maximum Gasteiger partial charge on any atom is 0.274 e. The van der Waals surface area contributed by atoms with Crippen molar-refractivity contribution in [2.45, 2.75) is 44.9 Å². The molecule has 0 aliphatic carbocycles. The Morgan fingerprint density at radius 2 is 1.47 bits per heavy atom. The minimum atomic E-state index is -0.236. The minimum Gasteiger partial charge on any atom is -0.378 e. The number of anilines is 2. The zero-order valence-electron chi connectivity index (χ0n) is 19.5. The summed E-state index contributed by atoms with van der Waals surface area (Å²) in [4.78, 5) is 44.1. The molecule has 2 aliphatic heterocycles.